The first-order chi connectivity index (χ1) is 9.71. The van der Waals surface area contributed by atoms with E-state index in [1.165, 1.54) is 47.8 Å². The van der Waals surface area contributed by atoms with Crippen molar-refractivity contribution in [2.24, 2.45) is 5.73 Å². The van der Waals surface area contributed by atoms with E-state index in [9.17, 15) is 0 Å². The van der Waals surface area contributed by atoms with Gasteiger partial charge in [0.2, 0.25) is 0 Å². The first kappa shape index (κ1) is 15.8. The number of nitrogens with zero attached hydrogens (tertiary/aromatic N) is 2. The van der Waals surface area contributed by atoms with E-state index < -0.39 is 0 Å². The Morgan fingerprint density at radius 3 is 2.55 bits per heavy atom. The average Bonchev–Trinajstić information content (AvgIpc) is 2.92. The molecule has 0 radical (unpaired) electrons. The van der Waals surface area contributed by atoms with Gasteiger partial charge in [0.15, 0.2) is 5.13 Å². The van der Waals surface area contributed by atoms with Crippen molar-refractivity contribution < 1.29 is 0 Å². The van der Waals surface area contributed by atoms with E-state index in [0.29, 0.717) is 18.5 Å². The predicted molar refractivity (Wildman–Crippen MR) is 88.6 cm³/mol. The topological polar surface area (TPSA) is 42.2 Å². The van der Waals surface area contributed by atoms with Crippen molar-refractivity contribution in [1.29, 1.82) is 0 Å². The van der Waals surface area contributed by atoms with Crippen molar-refractivity contribution in [3.05, 3.63) is 10.6 Å². The maximum atomic E-state index is 5.93. The highest BCUT2D eigenvalue weighted by Gasteiger charge is 2.24. The van der Waals surface area contributed by atoms with Gasteiger partial charge in [0.05, 0.1) is 5.69 Å². The van der Waals surface area contributed by atoms with Gasteiger partial charge < -0.3 is 10.6 Å². The summed E-state index contributed by atoms with van der Waals surface area (Å²) in [5.74, 6) is 0.517. The average molecular weight is 295 g/mol. The summed E-state index contributed by atoms with van der Waals surface area (Å²) in [5.41, 5.74) is 7.17. The van der Waals surface area contributed by atoms with Crippen LogP contribution in [-0.2, 0) is 6.54 Å². The number of rotatable bonds is 6. The zero-order valence-corrected chi connectivity index (χ0v) is 14.0. The molecule has 1 aliphatic carbocycles. The Balaban J connectivity index is 2.22. The van der Waals surface area contributed by atoms with Crippen molar-refractivity contribution in [2.45, 2.75) is 77.8 Å². The summed E-state index contributed by atoms with van der Waals surface area (Å²) in [6.45, 7) is 8.42. The molecule has 0 bridgehead atoms. The van der Waals surface area contributed by atoms with Crippen LogP contribution in [0.2, 0.25) is 0 Å². The molecule has 0 spiro atoms. The SMILES string of the molecule is CCC(C)c1nc(N(CC)C2CCCCC2)sc1CN. The fourth-order valence-electron chi connectivity index (χ4n) is 3.14. The number of hydrogen-bond acceptors (Lipinski definition) is 4. The van der Waals surface area contributed by atoms with Crippen molar-refractivity contribution in [2.75, 3.05) is 11.4 Å². The van der Waals surface area contributed by atoms with Crippen molar-refractivity contribution >= 4 is 16.5 Å². The molecule has 3 nitrogen and oxygen atoms in total. The van der Waals surface area contributed by atoms with E-state index in [1.807, 2.05) is 11.3 Å². The van der Waals surface area contributed by atoms with Gasteiger partial charge in [-0.2, -0.15) is 0 Å². The van der Waals surface area contributed by atoms with Crippen LogP contribution in [0.5, 0.6) is 0 Å². The third kappa shape index (κ3) is 3.34. The van der Waals surface area contributed by atoms with Crippen LogP contribution in [0.25, 0.3) is 0 Å². The van der Waals surface area contributed by atoms with E-state index in [2.05, 4.69) is 25.7 Å². The maximum absolute atomic E-state index is 5.93. The van der Waals surface area contributed by atoms with Gasteiger partial charge in [-0.15, -0.1) is 11.3 Å². The molecule has 1 aliphatic rings. The Kier molecular flexibility index (Phi) is 5.85. The van der Waals surface area contributed by atoms with Crippen LogP contribution in [0, 0.1) is 0 Å². The van der Waals surface area contributed by atoms with Gasteiger partial charge in [0.25, 0.3) is 0 Å². The van der Waals surface area contributed by atoms with E-state index in [4.69, 9.17) is 10.7 Å². The first-order valence-electron chi connectivity index (χ1n) is 8.17. The summed E-state index contributed by atoms with van der Waals surface area (Å²) in [7, 11) is 0. The molecule has 0 aromatic carbocycles. The Labute approximate surface area is 127 Å². The van der Waals surface area contributed by atoms with Gasteiger partial charge in [-0.05, 0) is 32.1 Å². The summed E-state index contributed by atoms with van der Waals surface area (Å²) in [4.78, 5) is 8.77. The number of anilines is 1. The lowest BCUT2D eigenvalue weighted by molar-refractivity contribution is 0.417. The maximum Gasteiger partial charge on any atom is 0.186 e. The molecule has 1 heterocycles. The molecule has 114 valence electrons. The molecule has 1 atom stereocenters. The van der Waals surface area contributed by atoms with E-state index in [-0.39, 0.29) is 0 Å². The molecule has 20 heavy (non-hydrogen) atoms. The lowest BCUT2D eigenvalue weighted by Crippen LogP contribution is -2.36. The molecule has 1 aromatic rings. The standard InChI is InChI=1S/C16H29N3S/c1-4-12(3)15-14(11-17)20-16(18-15)19(5-2)13-9-7-6-8-10-13/h12-13H,4-11,17H2,1-3H3. The van der Waals surface area contributed by atoms with E-state index in [1.54, 1.807) is 0 Å². The number of thiazole rings is 1. The van der Waals surface area contributed by atoms with Gasteiger partial charge in [0, 0.05) is 24.0 Å². The molecule has 0 saturated heterocycles. The minimum atomic E-state index is 0.517. The predicted octanol–water partition coefficient (Wildman–Crippen LogP) is 4.27. The molecule has 2 N–H and O–H groups in total. The molecule has 4 heteroatoms. The zero-order valence-electron chi connectivity index (χ0n) is 13.2. The lowest BCUT2D eigenvalue weighted by atomic mass is 9.94. The quantitative estimate of drug-likeness (QED) is 0.852. The molecule has 1 fully saturated rings. The molecule has 1 saturated carbocycles. The van der Waals surface area contributed by atoms with Crippen molar-refractivity contribution in [3.63, 3.8) is 0 Å². The monoisotopic (exact) mass is 295 g/mol. The van der Waals surface area contributed by atoms with E-state index >= 15 is 0 Å². The van der Waals surface area contributed by atoms with Crippen LogP contribution in [0.3, 0.4) is 0 Å². The molecule has 2 rings (SSSR count). The van der Waals surface area contributed by atoms with Gasteiger partial charge >= 0.3 is 0 Å². The molecule has 0 amide bonds. The molecular weight excluding hydrogens is 266 g/mol. The normalized spacial score (nSPS) is 18.2. The van der Waals surface area contributed by atoms with Gasteiger partial charge in [-0.25, -0.2) is 4.98 Å². The summed E-state index contributed by atoms with van der Waals surface area (Å²) < 4.78 is 0. The second kappa shape index (κ2) is 7.41. The zero-order chi connectivity index (χ0) is 14.5. The van der Waals surface area contributed by atoms with Crippen LogP contribution >= 0.6 is 11.3 Å². The lowest BCUT2D eigenvalue weighted by Gasteiger charge is -2.33. The van der Waals surface area contributed by atoms with Gasteiger partial charge in [-0.3, -0.25) is 0 Å². The third-order valence-corrected chi connectivity index (χ3v) is 5.71. The van der Waals surface area contributed by atoms with Crippen LogP contribution in [0.1, 0.15) is 75.8 Å². The second-order valence-electron chi connectivity index (χ2n) is 5.90. The highest BCUT2D eigenvalue weighted by atomic mass is 32.1. The number of hydrogen-bond donors (Lipinski definition) is 1. The van der Waals surface area contributed by atoms with Crippen molar-refractivity contribution in [1.82, 2.24) is 4.98 Å². The Morgan fingerprint density at radius 1 is 1.30 bits per heavy atom. The van der Waals surface area contributed by atoms with Crippen LogP contribution in [-0.4, -0.2) is 17.6 Å². The smallest absolute Gasteiger partial charge is 0.186 e. The number of nitrogens with two attached hydrogens (primary N) is 1. The molecular formula is C16H29N3S. The van der Waals surface area contributed by atoms with Gasteiger partial charge in [0.1, 0.15) is 0 Å². The Hall–Kier alpha value is -0.610. The summed E-state index contributed by atoms with van der Waals surface area (Å²) in [6, 6.07) is 0.690. The first-order valence-corrected chi connectivity index (χ1v) is 8.99. The Bertz CT molecular complexity index is 410. The second-order valence-corrected chi connectivity index (χ2v) is 6.96. The summed E-state index contributed by atoms with van der Waals surface area (Å²) in [5, 5.41) is 1.20. The van der Waals surface area contributed by atoms with E-state index in [0.717, 1.165) is 13.0 Å². The molecule has 1 unspecified atom stereocenters. The molecule has 0 aliphatic heterocycles. The van der Waals surface area contributed by atoms with Crippen LogP contribution in [0.15, 0.2) is 0 Å². The summed E-state index contributed by atoms with van der Waals surface area (Å²) in [6.07, 6.45) is 7.92. The van der Waals surface area contributed by atoms with Crippen molar-refractivity contribution in [3.8, 4) is 0 Å². The fraction of sp³-hybridized carbons (Fsp3) is 0.812. The number of aromatic nitrogens is 1. The Morgan fingerprint density at radius 2 is 2.00 bits per heavy atom. The minimum Gasteiger partial charge on any atom is -0.345 e. The third-order valence-electron chi connectivity index (χ3n) is 4.58. The summed E-state index contributed by atoms with van der Waals surface area (Å²) >= 11 is 1.82. The largest absolute Gasteiger partial charge is 0.345 e. The van der Waals surface area contributed by atoms with Gasteiger partial charge in [-0.1, -0.05) is 33.1 Å². The van der Waals surface area contributed by atoms with Crippen LogP contribution in [0.4, 0.5) is 5.13 Å². The highest BCUT2D eigenvalue weighted by molar-refractivity contribution is 7.15. The van der Waals surface area contributed by atoms with Crippen LogP contribution < -0.4 is 10.6 Å². The molecule has 1 aromatic heterocycles. The minimum absolute atomic E-state index is 0.517. The fourth-order valence-corrected chi connectivity index (χ4v) is 4.34. The highest BCUT2D eigenvalue weighted by Crippen LogP contribution is 2.35.